The van der Waals surface area contributed by atoms with Gasteiger partial charge in [0.1, 0.15) is 17.6 Å². The Morgan fingerprint density at radius 3 is 1.71 bits per heavy atom. The predicted molar refractivity (Wildman–Crippen MR) is 131 cm³/mol. The third kappa shape index (κ3) is 6.61. The molecule has 0 aliphatic heterocycles. The Balaban J connectivity index is 2.45. The normalized spacial score (nSPS) is 13.3. The lowest BCUT2D eigenvalue weighted by Gasteiger charge is -2.30. The zero-order valence-corrected chi connectivity index (χ0v) is 20.7. The number of rotatable bonds is 12. The van der Waals surface area contributed by atoms with Crippen molar-refractivity contribution in [3.05, 3.63) is 70.3 Å². The van der Waals surface area contributed by atoms with E-state index in [1.54, 1.807) is 31.2 Å². The molecule has 2 aromatic carbocycles. The highest BCUT2D eigenvalue weighted by Crippen LogP contribution is 2.39. The average molecular weight is 489 g/mol. The minimum Gasteiger partial charge on any atom is -0.507 e. The molecule has 0 aromatic heterocycles. The third-order valence-corrected chi connectivity index (χ3v) is 6.10. The zero-order chi connectivity index (χ0) is 26.3. The van der Waals surface area contributed by atoms with Gasteiger partial charge in [0.25, 0.3) is 0 Å². The van der Waals surface area contributed by atoms with Crippen molar-refractivity contribution >= 4 is 5.97 Å². The molecule has 0 spiro atoms. The summed E-state index contributed by atoms with van der Waals surface area (Å²) >= 11 is 0. The van der Waals surface area contributed by atoms with Crippen LogP contribution in [0, 0.1) is 0 Å². The smallest absolute Gasteiger partial charge is 0.330 e. The molecule has 192 valence electrons. The van der Waals surface area contributed by atoms with Gasteiger partial charge in [-0.25, -0.2) is 4.79 Å². The summed E-state index contributed by atoms with van der Waals surface area (Å²) in [5.74, 6) is -0.305. The van der Waals surface area contributed by atoms with Crippen molar-refractivity contribution < 1.29 is 39.8 Å². The van der Waals surface area contributed by atoms with Crippen LogP contribution < -0.4 is 4.74 Å². The Morgan fingerprint density at radius 1 is 0.886 bits per heavy atom. The van der Waals surface area contributed by atoms with Crippen LogP contribution in [0.2, 0.25) is 0 Å². The van der Waals surface area contributed by atoms with E-state index in [-0.39, 0.29) is 25.1 Å². The number of carbonyl (C=O) groups is 1. The summed E-state index contributed by atoms with van der Waals surface area (Å²) in [7, 11) is 0. The second-order valence-corrected chi connectivity index (χ2v) is 9.14. The van der Waals surface area contributed by atoms with E-state index in [1.165, 1.54) is 0 Å². The molecule has 0 bridgehead atoms. The van der Waals surface area contributed by atoms with Crippen molar-refractivity contribution in [2.24, 2.45) is 0 Å². The van der Waals surface area contributed by atoms with Crippen molar-refractivity contribution in [1.82, 2.24) is 0 Å². The predicted octanol–water partition coefficient (Wildman–Crippen LogP) is 2.96. The first-order valence-corrected chi connectivity index (χ1v) is 11.5. The molecule has 35 heavy (non-hydrogen) atoms. The van der Waals surface area contributed by atoms with Crippen molar-refractivity contribution in [1.29, 1.82) is 0 Å². The van der Waals surface area contributed by atoms with Gasteiger partial charge in [0.15, 0.2) is 0 Å². The topological polar surface area (TPSA) is 137 Å². The van der Waals surface area contributed by atoms with Gasteiger partial charge in [-0.2, -0.15) is 0 Å². The first kappa shape index (κ1) is 28.3. The molecule has 0 fully saturated rings. The maximum Gasteiger partial charge on any atom is 0.330 e. The molecule has 0 amide bonds. The molecule has 0 aliphatic carbocycles. The molecular weight excluding hydrogens is 452 g/mol. The molecule has 2 aromatic rings. The summed E-state index contributed by atoms with van der Waals surface area (Å²) in [5.41, 5.74) is 2.37. The second-order valence-electron chi connectivity index (χ2n) is 9.14. The number of benzene rings is 2. The number of aliphatic hydroxyl groups excluding tert-OH is 4. The van der Waals surface area contributed by atoms with Crippen LogP contribution in [0.15, 0.2) is 36.9 Å². The van der Waals surface area contributed by atoms with Gasteiger partial charge < -0.3 is 35.0 Å². The zero-order valence-electron chi connectivity index (χ0n) is 20.7. The monoisotopic (exact) mass is 488 g/mol. The van der Waals surface area contributed by atoms with Crippen LogP contribution in [-0.2, 0) is 41.4 Å². The molecule has 2 atom stereocenters. The fourth-order valence-corrected chi connectivity index (χ4v) is 4.04. The van der Waals surface area contributed by atoms with E-state index in [4.69, 9.17) is 9.47 Å². The number of aromatic hydroxyl groups is 1. The molecular formula is C27H36O8. The lowest BCUT2D eigenvalue weighted by atomic mass is 9.76. The molecule has 5 N–H and O–H groups in total. The van der Waals surface area contributed by atoms with Gasteiger partial charge in [0.05, 0.1) is 32.5 Å². The van der Waals surface area contributed by atoms with Crippen molar-refractivity contribution in [3.8, 4) is 11.5 Å². The van der Waals surface area contributed by atoms with Crippen LogP contribution in [0.4, 0.5) is 0 Å². The summed E-state index contributed by atoms with van der Waals surface area (Å²) < 4.78 is 11.3. The van der Waals surface area contributed by atoms with Crippen molar-refractivity contribution in [3.63, 3.8) is 0 Å². The van der Waals surface area contributed by atoms with Crippen LogP contribution in [0.5, 0.6) is 11.5 Å². The molecule has 8 nitrogen and oxygen atoms in total. The molecule has 8 heteroatoms. The minimum atomic E-state index is -0.674. The van der Waals surface area contributed by atoms with Gasteiger partial charge >= 0.3 is 5.97 Å². The summed E-state index contributed by atoms with van der Waals surface area (Å²) in [5, 5.41) is 49.7. The average Bonchev–Trinajstić information content (AvgIpc) is 2.83. The molecule has 0 saturated heterocycles. The number of phenols is 1. The quantitative estimate of drug-likeness (QED) is 0.227. The Kier molecular flexibility index (Phi) is 9.85. The van der Waals surface area contributed by atoms with Gasteiger partial charge in [0.2, 0.25) is 0 Å². The highest BCUT2D eigenvalue weighted by atomic mass is 16.5. The van der Waals surface area contributed by atoms with E-state index in [0.717, 1.165) is 17.2 Å². The number of hydrogen-bond donors (Lipinski definition) is 5. The van der Waals surface area contributed by atoms with E-state index in [9.17, 15) is 30.3 Å². The number of ether oxygens (including phenoxy) is 2. The molecule has 2 rings (SSSR count). The lowest BCUT2D eigenvalue weighted by Crippen LogP contribution is -2.24. The summed E-state index contributed by atoms with van der Waals surface area (Å²) in [6.07, 6.45) is 0.689. The van der Waals surface area contributed by atoms with Crippen molar-refractivity contribution in [2.45, 2.75) is 78.2 Å². The standard InChI is InChI=1S/C27H36O8/c1-6-24(32)34-16(2)7-17(3)35-26-20(14-30)10-23(11-21(26)15-31)27(4,5)22-8-18(12-28)25(33)19(9-22)13-29/h6,8-11,16-17,28-31,33H,1,7,12-15H2,2-5H3. The summed E-state index contributed by atoms with van der Waals surface area (Å²) in [4.78, 5) is 11.4. The number of esters is 1. The van der Waals surface area contributed by atoms with E-state index in [0.29, 0.717) is 34.4 Å². The van der Waals surface area contributed by atoms with E-state index in [1.807, 2.05) is 20.8 Å². The second kappa shape index (κ2) is 12.2. The SMILES string of the molecule is C=CC(=O)OC(C)CC(C)Oc1c(CO)cc(C(C)(C)c2cc(CO)c(O)c(CO)c2)cc1CO. The van der Waals surface area contributed by atoms with Crippen LogP contribution >= 0.6 is 0 Å². The van der Waals surface area contributed by atoms with Crippen molar-refractivity contribution in [2.75, 3.05) is 0 Å². The highest BCUT2D eigenvalue weighted by Gasteiger charge is 2.28. The number of aliphatic hydroxyl groups is 4. The van der Waals surface area contributed by atoms with Crippen LogP contribution in [0.3, 0.4) is 0 Å². The van der Waals surface area contributed by atoms with E-state index >= 15 is 0 Å². The highest BCUT2D eigenvalue weighted by molar-refractivity contribution is 5.81. The fourth-order valence-electron chi connectivity index (χ4n) is 4.04. The molecule has 0 radical (unpaired) electrons. The molecule has 2 unspecified atom stereocenters. The Bertz CT molecular complexity index is 993. The number of hydrogen-bond acceptors (Lipinski definition) is 8. The Morgan fingerprint density at radius 2 is 1.31 bits per heavy atom. The Labute approximate surface area is 206 Å². The van der Waals surface area contributed by atoms with E-state index < -0.39 is 30.7 Å². The maximum absolute atomic E-state index is 11.4. The lowest BCUT2D eigenvalue weighted by molar-refractivity contribution is -0.143. The first-order chi connectivity index (χ1) is 16.5. The summed E-state index contributed by atoms with van der Waals surface area (Å²) in [6, 6.07) is 6.91. The number of carbonyl (C=O) groups excluding carboxylic acids is 1. The van der Waals surface area contributed by atoms with Gasteiger partial charge in [0, 0.05) is 40.2 Å². The summed E-state index contributed by atoms with van der Waals surface area (Å²) in [6.45, 7) is 9.34. The van der Waals surface area contributed by atoms with E-state index in [2.05, 4.69) is 6.58 Å². The van der Waals surface area contributed by atoms with Crippen LogP contribution in [0.25, 0.3) is 0 Å². The van der Waals surface area contributed by atoms with Gasteiger partial charge in [-0.15, -0.1) is 0 Å². The van der Waals surface area contributed by atoms with Crippen LogP contribution in [0.1, 0.15) is 67.5 Å². The van der Waals surface area contributed by atoms with Gasteiger partial charge in [-0.05, 0) is 49.2 Å². The van der Waals surface area contributed by atoms with Gasteiger partial charge in [-0.3, -0.25) is 0 Å². The molecule has 0 saturated carbocycles. The molecule has 0 aliphatic rings. The third-order valence-electron chi connectivity index (χ3n) is 6.10. The van der Waals surface area contributed by atoms with Crippen LogP contribution in [-0.4, -0.2) is 43.7 Å². The largest absolute Gasteiger partial charge is 0.507 e. The minimum absolute atomic E-state index is 0.146. The maximum atomic E-state index is 11.4. The van der Waals surface area contributed by atoms with Gasteiger partial charge in [-0.1, -0.05) is 20.4 Å². The molecule has 0 heterocycles. The fraction of sp³-hybridized carbons (Fsp3) is 0.444. The Hall–Kier alpha value is -2.91. The first-order valence-electron chi connectivity index (χ1n) is 11.5.